The van der Waals surface area contributed by atoms with E-state index in [4.69, 9.17) is 0 Å². The van der Waals surface area contributed by atoms with Gasteiger partial charge in [-0.3, -0.25) is 9.59 Å². The normalized spacial score (nSPS) is 19.4. The lowest BCUT2D eigenvalue weighted by Gasteiger charge is -2.21. The largest absolute Gasteiger partial charge is 0.469 e. The number of carbonyl (C=O) groups excluding carboxylic acids is 2. The van der Waals surface area contributed by atoms with E-state index in [2.05, 4.69) is 10.1 Å². The number of rotatable bonds is 6. The number of esters is 1. The van der Waals surface area contributed by atoms with Gasteiger partial charge in [-0.2, -0.15) is 0 Å². The molecule has 1 rings (SSSR count). The van der Waals surface area contributed by atoms with E-state index in [1.807, 2.05) is 0 Å². The summed E-state index contributed by atoms with van der Waals surface area (Å²) in [6.07, 6.45) is 3.79. The van der Waals surface area contributed by atoms with Crippen LogP contribution in [0.1, 0.15) is 32.6 Å². The fourth-order valence-electron chi connectivity index (χ4n) is 2.28. The van der Waals surface area contributed by atoms with Crippen LogP contribution < -0.4 is 5.32 Å². The van der Waals surface area contributed by atoms with Crippen LogP contribution in [0, 0.1) is 5.92 Å². The highest BCUT2D eigenvalue weighted by Crippen LogP contribution is 2.12. The molecule has 0 aliphatic carbocycles. The van der Waals surface area contributed by atoms with Crippen LogP contribution in [-0.4, -0.2) is 50.1 Å². The van der Waals surface area contributed by atoms with Crippen LogP contribution in [0.15, 0.2) is 0 Å². The Morgan fingerprint density at radius 1 is 1.47 bits per heavy atom. The van der Waals surface area contributed by atoms with Gasteiger partial charge in [-0.25, -0.2) is 0 Å². The van der Waals surface area contributed by atoms with Crippen LogP contribution in [0.5, 0.6) is 0 Å². The number of amides is 1. The van der Waals surface area contributed by atoms with Crippen LogP contribution in [0.4, 0.5) is 0 Å². The summed E-state index contributed by atoms with van der Waals surface area (Å²) in [6.45, 7) is 3.26. The summed E-state index contributed by atoms with van der Waals surface area (Å²) in [7, 11) is 3.11. The molecule has 0 aromatic heterocycles. The van der Waals surface area contributed by atoms with Crippen molar-refractivity contribution < 1.29 is 14.3 Å². The number of carbonyl (C=O) groups is 2. The summed E-state index contributed by atoms with van der Waals surface area (Å²) in [5.74, 6) is -0.444. The van der Waals surface area contributed by atoms with Crippen LogP contribution in [0.2, 0.25) is 0 Å². The number of nitrogens with one attached hydrogen (secondary N) is 1. The maximum absolute atomic E-state index is 11.9. The van der Waals surface area contributed by atoms with Crippen LogP contribution in [-0.2, 0) is 14.3 Å². The lowest BCUT2D eigenvalue weighted by molar-refractivity contribution is -0.146. The number of hydrogen-bond donors (Lipinski definition) is 1. The Kier molecular flexibility index (Phi) is 8.76. The Morgan fingerprint density at radius 2 is 2.16 bits per heavy atom. The van der Waals surface area contributed by atoms with Crippen LogP contribution in [0.3, 0.4) is 0 Å². The molecule has 1 N–H and O–H groups in total. The molecule has 1 fully saturated rings. The van der Waals surface area contributed by atoms with E-state index >= 15 is 0 Å². The first kappa shape index (κ1) is 18.2. The third-order valence-corrected chi connectivity index (χ3v) is 3.45. The van der Waals surface area contributed by atoms with Gasteiger partial charge in [0.15, 0.2) is 0 Å². The van der Waals surface area contributed by atoms with Gasteiger partial charge in [0.2, 0.25) is 5.91 Å². The molecular weight excluding hydrogens is 268 g/mol. The van der Waals surface area contributed by atoms with Gasteiger partial charge in [0, 0.05) is 26.1 Å². The fourth-order valence-corrected chi connectivity index (χ4v) is 2.28. The highest BCUT2D eigenvalue weighted by Gasteiger charge is 2.20. The molecule has 0 radical (unpaired) electrons. The Hall–Kier alpha value is -0.810. The third kappa shape index (κ3) is 6.25. The van der Waals surface area contributed by atoms with Gasteiger partial charge in [-0.15, -0.1) is 12.4 Å². The zero-order valence-corrected chi connectivity index (χ0v) is 12.8. The molecule has 5 nitrogen and oxygen atoms in total. The minimum atomic E-state index is -0.271. The van der Waals surface area contributed by atoms with Gasteiger partial charge in [0.05, 0.1) is 13.0 Å². The highest BCUT2D eigenvalue weighted by molar-refractivity contribution is 5.85. The molecule has 112 valence electrons. The first-order valence-corrected chi connectivity index (χ1v) is 6.59. The topological polar surface area (TPSA) is 58.6 Å². The van der Waals surface area contributed by atoms with Crippen molar-refractivity contribution in [2.45, 2.75) is 38.6 Å². The molecule has 19 heavy (non-hydrogen) atoms. The second-order valence-corrected chi connectivity index (χ2v) is 5.03. The SMILES string of the molecule is COC(=O)C(C)CN(C)C(=O)CCC1CCCN1.Cl. The molecule has 1 saturated heterocycles. The van der Waals surface area contributed by atoms with E-state index in [1.165, 1.54) is 13.5 Å². The van der Waals surface area contributed by atoms with E-state index in [0.29, 0.717) is 19.0 Å². The fraction of sp³-hybridized carbons (Fsp3) is 0.846. The molecule has 0 saturated carbocycles. The van der Waals surface area contributed by atoms with E-state index in [-0.39, 0.29) is 30.2 Å². The van der Waals surface area contributed by atoms with Gasteiger partial charge < -0.3 is 15.0 Å². The summed E-state index contributed by atoms with van der Waals surface area (Å²) >= 11 is 0. The van der Waals surface area contributed by atoms with Crippen molar-refractivity contribution in [2.24, 2.45) is 5.92 Å². The minimum Gasteiger partial charge on any atom is -0.469 e. The van der Waals surface area contributed by atoms with E-state index in [9.17, 15) is 9.59 Å². The zero-order valence-electron chi connectivity index (χ0n) is 12.0. The monoisotopic (exact) mass is 292 g/mol. The lowest BCUT2D eigenvalue weighted by atomic mass is 10.1. The van der Waals surface area contributed by atoms with Crippen LogP contribution in [0.25, 0.3) is 0 Å². The number of nitrogens with zero attached hydrogens (tertiary/aromatic N) is 1. The summed E-state index contributed by atoms with van der Waals surface area (Å²) < 4.78 is 4.65. The van der Waals surface area contributed by atoms with Gasteiger partial charge in [0.25, 0.3) is 0 Å². The number of halogens is 1. The molecule has 1 amide bonds. The molecule has 0 aromatic rings. The molecule has 0 bridgehead atoms. The third-order valence-electron chi connectivity index (χ3n) is 3.45. The summed E-state index contributed by atoms with van der Waals surface area (Å²) in [6, 6.07) is 0.486. The molecule has 6 heteroatoms. The lowest BCUT2D eigenvalue weighted by Crippen LogP contribution is -2.35. The second-order valence-electron chi connectivity index (χ2n) is 5.03. The van der Waals surface area contributed by atoms with Crippen molar-refractivity contribution in [1.82, 2.24) is 10.2 Å². The minimum absolute atomic E-state index is 0. The van der Waals surface area contributed by atoms with Crippen LogP contribution >= 0.6 is 12.4 Å². The van der Waals surface area contributed by atoms with Crippen molar-refractivity contribution in [3.05, 3.63) is 0 Å². The molecule has 2 unspecified atom stereocenters. The van der Waals surface area contributed by atoms with E-state index < -0.39 is 0 Å². The number of hydrogen-bond acceptors (Lipinski definition) is 4. The number of methoxy groups -OCH3 is 1. The molecular formula is C13H25ClN2O3. The summed E-state index contributed by atoms with van der Waals surface area (Å²) in [5.41, 5.74) is 0. The van der Waals surface area contributed by atoms with Crippen molar-refractivity contribution in [3.63, 3.8) is 0 Å². The Bertz CT molecular complexity index is 294. The van der Waals surface area contributed by atoms with E-state index in [1.54, 1.807) is 18.9 Å². The van der Waals surface area contributed by atoms with Crippen molar-refractivity contribution in [2.75, 3.05) is 27.2 Å². The molecule has 2 atom stereocenters. The zero-order chi connectivity index (χ0) is 13.5. The first-order chi connectivity index (χ1) is 8.54. The Balaban J connectivity index is 0.00000324. The smallest absolute Gasteiger partial charge is 0.310 e. The predicted octanol–water partition coefficient (Wildman–Crippen LogP) is 1.21. The van der Waals surface area contributed by atoms with Crippen molar-refractivity contribution in [1.29, 1.82) is 0 Å². The predicted molar refractivity (Wildman–Crippen MR) is 76.3 cm³/mol. The average molecular weight is 293 g/mol. The molecule has 1 heterocycles. The van der Waals surface area contributed by atoms with Gasteiger partial charge in [0.1, 0.15) is 0 Å². The van der Waals surface area contributed by atoms with Gasteiger partial charge in [-0.05, 0) is 25.8 Å². The number of ether oxygens (including phenoxy) is 1. The Morgan fingerprint density at radius 3 is 2.68 bits per heavy atom. The van der Waals surface area contributed by atoms with E-state index in [0.717, 1.165) is 19.4 Å². The second kappa shape index (κ2) is 9.15. The van der Waals surface area contributed by atoms with Gasteiger partial charge >= 0.3 is 5.97 Å². The van der Waals surface area contributed by atoms with Gasteiger partial charge in [-0.1, -0.05) is 6.92 Å². The maximum atomic E-state index is 11.9. The summed E-state index contributed by atoms with van der Waals surface area (Å²) in [4.78, 5) is 24.8. The van der Waals surface area contributed by atoms with Crippen molar-refractivity contribution in [3.8, 4) is 0 Å². The maximum Gasteiger partial charge on any atom is 0.310 e. The molecule has 1 aliphatic heterocycles. The molecule has 1 aliphatic rings. The van der Waals surface area contributed by atoms with Crippen molar-refractivity contribution >= 4 is 24.3 Å². The summed E-state index contributed by atoms with van der Waals surface area (Å²) in [5, 5.41) is 3.37. The standard InChI is InChI=1S/C13H24N2O3.ClH/c1-10(13(17)18-3)9-15(2)12(16)7-6-11-5-4-8-14-11;/h10-11,14H,4-9H2,1-3H3;1H. The Labute approximate surface area is 121 Å². The molecule has 0 aromatic carbocycles. The first-order valence-electron chi connectivity index (χ1n) is 6.59. The molecule has 0 spiro atoms. The highest BCUT2D eigenvalue weighted by atomic mass is 35.5. The average Bonchev–Trinajstić information content (AvgIpc) is 2.87. The quantitative estimate of drug-likeness (QED) is 0.748.